The van der Waals surface area contributed by atoms with E-state index in [-0.39, 0.29) is 11.0 Å². The molecule has 0 aromatic rings. The Balaban J connectivity index is 3.38. The van der Waals surface area contributed by atoms with Crippen molar-refractivity contribution in [3.63, 3.8) is 0 Å². The van der Waals surface area contributed by atoms with Crippen molar-refractivity contribution in [1.29, 1.82) is 0 Å². The van der Waals surface area contributed by atoms with Crippen molar-refractivity contribution in [3.05, 3.63) is 0 Å². The monoisotopic (exact) mass is 184 g/mol. The first-order chi connectivity index (χ1) is 4.16. The summed E-state index contributed by atoms with van der Waals surface area (Å²) in [6.07, 6.45) is 0.0570. The first-order valence-electron chi connectivity index (χ1n) is 2.05. The molecule has 0 aliphatic carbocycles. The molecule has 0 aliphatic rings. The fourth-order valence-corrected chi connectivity index (χ4v) is 0.684. The topological polar surface area (TPSA) is 43.4 Å². The zero-order valence-corrected chi connectivity index (χ0v) is 7.03. The van der Waals surface area contributed by atoms with Gasteiger partial charge in [0.05, 0.1) is 11.0 Å². The SMILES string of the molecule is O=POC(=O)CC(S)S. The fourth-order valence-electron chi connectivity index (χ4n) is 0.228. The van der Waals surface area contributed by atoms with Crippen molar-refractivity contribution in [3.8, 4) is 0 Å². The molecule has 0 aliphatic heterocycles. The molecule has 0 N–H and O–H groups in total. The van der Waals surface area contributed by atoms with Gasteiger partial charge in [0.25, 0.3) is 0 Å². The van der Waals surface area contributed by atoms with Gasteiger partial charge in [0.1, 0.15) is 0 Å². The Bertz CT molecular complexity index is 116. The summed E-state index contributed by atoms with van der Waals surface area (Å²) in [4.78, 5) is 10.3. The number of thiol groups is 2. The van der Waals surface area contributed by atoms with E-state index in [1.807, 2.05) is 0 Å². The normalized spacial score (nSPS) is 10.1. The molecular weight excluding hydrogens is 179 g/mol. The Hall–Kier alpha value is 0.270. The first-order valence-corrected chi connectivity index (χ1v) is 3.81. The minimum absolute atomic E-state index is 0.0570. The average Bonchev–Trinajstić information content (AvgIpc) is 1.63. The average molecular weight is 184 g/mol. The van der Waals surface area contributed by atoms with Gasteiger partial charge in [-0.1, -0.05) is 0 Å². The number of hydrogen-bond acceptors (Lipinski definition) is 5. The van der Waals surface area contributed by atoms with Crippen molar-refractivity contribution in [1.82, 2.24) is 0 Å². The van der Waals surface area contributed by atoms with Gasteiger partial charge in [-0.05, 0) is 0 Å². The number of hydrogen-bond donors (Lipinski definition) is 2. The van der Waals surface area contributed by atoms with Crippen molar-refractivity contribution in [2.45, 2.75) is 11.0 Å². The zero-order chi connectivity index (χ0) is 7.28. The molecule has 52 valence electrons. The van der Waals surface area contributed by atoms with Crippen LogP contribution in [0.1, 0.15) is 6.42 Å². The lowest BCUT2D eigenvalue weighted by atomic mass is 10.5. The molecule has 3 nitrogen and oxygen atoms in total. The van der Waals surface area contributed by atoms with E-state index >= 15 is 0 Å². The van der Waals surface area contributed by atoms with Gasteiger partial charge in [-0.15, -0.1) is 0 Å². The molecular formula is C3H5O3PS2. The van der Waals surface area contributed by atoms with Gasteiger partial charge in [0, 0.05) is 0 Å². The second-order valence-corrected chi connectivity index (χ2v) is 3.21. The highest BCUT2D eigenvalue weighted by atomic mass is 32.2. The molecule has 0 bridgehead atoms. The maximum atomic E-state index is 10.3. The minimum Gasteiger partial charge on any atom is -0.373 e. The largest absolute Gasteiger partial charge is 0.398 e. The molecule has 0 rings (SSSR count). The van der Waals surface area contributed by atoms with Crippen LogP contribution in [0.2, 0.25) is 0 Å². The number of carbonyl (C=O) groups excluding carboxylic acids is 1. The van der Waals surface area contributed by atoms with E-state index in [4.69, 9.17) is 0 Å². The molecule has 0 heterocycles. The van der Waals surface area contributed by atoms with Crippen LogP contribution in [0.25, 0.3) is 0 Å². The summed E-state index contributed by atoms with van der Waals surface area (Å²) in [5.41, 5.74) is 0. The molecule has 0 unspecified atom stereocenters. The molecule has 0 atom stereocenters. The van der Waals surface area contributed by atoms with E-state index in [2.05, 4.69) is 29.8 Å². The van der Waals surface area contributed by atoms with Crippen LogP contribution in [0, 0.1) is 0 Å². The van der Waals surface area contributed by atoms with E-state index in [1.54, 1.807) is 0 Å². The van der Waals surface area contributed by atoms with Crippen LogP contribution < -0.4 is 0 Å². The Labute approximate surface area is 65.3 Å². The number of rotatable bonds is 3. The van der Waals surface area contributed by atoms with Crippen molar-refractivity contribution >= 4 is 39.9 Å². The van der Waals surface area contributed by atoms with E-state index in [0.717, 1.165) is 0 Å². The van der Waals surface area contributed by atoms with Crippen LogP contribution in [0.4, 0.5) is 0 Å². The van der Waals surface area contributed by atoms with E-state index < -0.39 is 14.7 Å². The smallest absolute Gasteiger partial charge is 0.373 e. The van der Waals surface area contributed by atoms with Gasteiger partial charge < -0.3 is 4.52 Å². The summed E-state index contributed by atoms with van der Waals surface area (Å²) < 4.78 is 13.3. The second kappa shape index (κ2) is 5.09. The second-order valence-electron chi connectivity index (χ2n) is 1.22. The van der Waals surface area contributed by atoms with Gasteiger partial charge in [0.2, 0.25) is 0 Å². The first kappa shape index (κ1) is 9.27. The van der Waals surface area contributed by atoms with Crippen LogP contribution in [0.15, 0.2) is 0 Å². The standard InChI is InChI=1S/C3H5O3PS2/c4-2(6-7-5)1-3(8)9/h3,8-9H,1H2. The molecule has 0 spiro atoms. The molecule has 0 saturated heterocycles. The molecule has 0 fully saturated rings. The van der Waals surface area contributed by atoms with Gasteiger partial charge in [-0.25, -0.2) is 4.57 Å². The molecule has 0 amide bonds. The molecule has 0 aromatic heterocycles. The Morgan fingerprint density at radius 2 is 2.22 bits per heavy atom. The Morgan fingerprint density at radius 1 is 1.67 bits per heavy atom. The summed E-state index contributed by atoms with van der Waals surface area (Å²) in [7, 11) is -0.623. The van der Waals surface area contributed by atoms with Gasteiger partial charge >= 0.3 is 14.7 Å². The van der Waals surface area contributed by atoms with Crippen molar-refractivity contribution in [2.24, 2.45) is 0 Å². The maximum Gasteiger partial charge on any atom is 0.398 e. The van der Waals surface area contributed by atoms with E-state index in [9.17, 15) is 9.36 Å². The Kier molecular flexibility index (Phi) is 5.24. The van der Waals surface area contributed by atoms with Crippen molar-refractivity contribution in [2.75, 3.05) is 0 Å². The molecule has 0 radical (unpaired) electrons. The maximum absolute atomic E-state index is 10.3. The highest BCUT2D eigenvalue weighted by Gasteiger charge is 2.05. The highest BCUT2D eigenvalue weighted by Crippen LogP contribution is 2.08. The predicted octanol–water partition coefficient (Wildman–Crippen LogP) is 1.31. The Morgan fingerprint density at radius 3 is 2.56 bits per heavy atom. The summed E-state index contributed by atoms with van der Waals surface area (Å²) in [5.74, 6) is -0.568. The summed E-state index contributed by atoms with van der Waals surface area (Å²) in [6, 6.07) is 0. The van der Waals surface area contributed by atoms with Crippen LogP contribution in [0.5, 0.6) is 0 Å². The van der Waals surface area contributed by atoms with Crippen LogP contribution in [-0.4, -0.2) is 10.6 Å². The lowest BCUT2D eigenvalue weighted by molar-refractivity contribution is -0.133. The predicted molar refractivity (Wildman–Crippen MR) is 40.1 cm³/mol. The van der Waals surface area contributed by atoms with Crippen molar-refractivity contribution < 1.29 is 13.9 Å². The quantitative estimate of drug-likeness (QED) is 0.395. The van der Waals surface area contributed by atoms with Crippen LogP contribution in [0.3, 0.4) is 0 Å². The van der Waals surface area contributed by atoms with E-state index in [1.165, 1.54) is 0 Å². The third kappa shape index (κ3) is 6.15. The molecule has 0 aromatic carbocycles. The fraction of sp³-hybridized carbons (Fsp3) is 0.667. The third-order valence-electron chi connectivity index (χ3n) is 0.488. The van der Waals surface area contributed by atoms with E-state index in [0.29, 0.717) is 0 Å². The summed E-state index contributed by atoms with van der Waals surface area (Å²) >= 11 is 7.58. The van der Waals surface area contributed by atoms with Gasteiger partial charge in [0.15, 0.2) is 0 Å². The zero-order valence-electron chi connectivity index (χ0n) is 4.35. The molecule has 6 heteroatoms. The lowest BCUT2D eigenvalue weighted by Gasteiger charge is -1.96. The minimum atomic E-state index is -0.623. The van der Waals surface area contributed by atoms with Gasteiger partial charge in [-0.3, -0.25) is 4.79 Å². The third-order valence-corrected chi connectivity index (χ3v) is 1.13. The van der Waals surface area contributed by atoms with Gasteiger partial charge in [-0.2, -0.15) is 25.3 Å². The lowest BCUT2D eigenvalue weighted by Crippen LogP contribution is -2.01. The summed E-state index contributed by atoms with van der Waals surface area (Å²) in [5, 5.41) is 0. The molecule has 0 saturated carbocycles. The summed E-state index contributed by atoms with van der Waals surface area (Å²) in [6.45, 7) is 0. The highest BCUT2D eigenvalue weighted by molar-refractivity contribution is 7.99. The molecule has 9 heavy (non-hydrogen) atoms. The van der Waals surface area contributed by atoms with Crippen LogP contribution in [-0.2, 0) is 13.9 Å². The van der Waals surface area contributed by atoms with Crippen LogP contribution >= 0.6 is 33.9 Å². The number of carbonyl (C=O) groups is 1.